The number of aromatic nitrogens is 1. The molecule has 2 aromatic rings. The molecular formula is C25H38N4O4. The molecule has 1 aromatic heterocycles. The number of aliphatic hydroxyl groups excluding tert-OH is 1. The number of ether oxygens (including phenoxy) is 1. The molecular weight excluding hydrogens is 420 g/mol. The third kappa shape index (κ3) is 7.11. The minimum absolute atomic E-state index is 0.0125. The van der Waals surface area contributed by atoms with Gasteiger partial charge in [-0.2, -0.15) is 0 Å². The largest absolute Gasteiger partial charge is 0.497 e. The first kappa shape index (κ1) is 25.4. The van der Waals surface area contributed by atoms with E-state index in [4.69, 9.17) is 9.94 Å². The number of β-amino-alcohol motifs (C(OH)–C–C–N with tert-alkyl or cyclic N) is 1. The molecule has 0 aliphatic carbocycles. The van der Waals surface area contributed by atoms with Crippen molar-refractivity contribution in [3.05, 3.63) is 36.0 Å². The van der Waals surface area contributed by atoms with E-state index in [0.29, 0.717) is 13.1 Å². The molecule has 1 fully saturated rings. The van der Waals surface area contributed by atoms with E-state index in [1.54, 1.807) is 18.8 Å². The molecule has 33 heavy (non-hydrogen) atoms. The SMILES string of the molecule is CCCCCCCN1CCN(CC(O)c2ccnc3ccc(OC)cc23)CC1CC(=O)NO. The maximum Gasteiger partial charge on any atom is 0.244 e. The Kier molecular flexibility index (Phi) is 9.87. The number of fused-ring (bicyclic) bond motifs is 1. The van der Waals surface area contributed by atoms with Gasteiger partial charge in [-0.1, -0.05) is 32.6 Å². The average molecular weight is 459 g/mol. The highest BCUT2D eigenvalue weighted by Gasteiger charge is 2.29. The zero-order valence-electron chi connectivity index (χ0n) is 19.9. The zero-order chi connectivity index (χ0) is 23.6. The summed E-state index contributed by atoms with van der Waals surface area (Å²) < 4.78 is 5.35. The summed E-state index contributed by atoms with van der Waals surface area (Å²) >= 11 is 0. The Bertz CT molecular complexity index is 894. The molecule has 1 amide bonds. The third-order valence-corrected chi connectivity index (χ3v) is 6.56. The number of aliphatic hydroxyl groups is 1. The van der Waals surface area contributed by atoms with Gasteiger partial charge in [0.15, 0.2) is 0 Å². The van der Waals surface area contributed by atoms with Gasteiger partial charge >= 0.3 is 0 Å². The first-order valence-corrected chi connectivity index (χ1v) is 12.1. The Morgan fingerprint density at radius 1 is 1.24 bits per heavy atom. The van der Waals surface area contributed by atoms with E-state index in [-0.39, 0.29) is 18.4 Å². The van der Waals surface area contributed by atoms with Crippen LogP contribution in [0.2, 0.25) is 0 Å². The summed E-state index contributed by atoms with van der Waals surface area (Å²) in [7, 11) is 1.62. The van der Waals surface area contributed by atoms with E-state index in [9.17, 15) is 9.90 Å². The molecule has 2 heterocycles. The molecule has 0 saturated carbocycles. The normalized spacial score (nSPS) is 18.4. The highest BCUT2D eigenvalue weighted by atomic mass is 16.5. The molecule has 1 aliphatic rings. The zero-order valence-corrected chi connectivity index (χ0v) is 19.9. The van der Waals surface area contributed by atoms with Crippen LogP contribution in [0.1, 0.15) is 57.1 Å². The third-order valence-electron chi connectivity index (χ3n) is 6.56. The molecule has 1 aromatic carbocycles. The highest BCUT2D eigenvalue weighted by molar-refractivity contribution is 5.83. The number of nitrogens with one attached hydrogen (secondary N) is 1. The summed E-state index contributed by atoms with van der Waals surface area (Å²) in [4.78, 5) is 20.9. The van der Waals surface area contributed by atoms with Crippen LogP contribution in [0.15, 0.2) is 30.5 Å². The van der Waals surface area contributed by atoms with Gasteiger partial charge in [-0.3, -0.25) is 24.8 Å². The summed E-state index contributed by atoms with van der Waals surface area (Å²) in [6.07, 6.45) is 7.32. The summed E-state index contributed by atoms with van der Waals surface area (Å²) in [5.74, 6) is 0.359. The molecule has 3 N–H and O–H groups in total. The van der Waals surface area contributed by atoms with Crippen molar-refractivity contribution in [2.75, 3.05) is 39.8 Å². The van der Waals surface area contributed by atoms with Crippen molar-refractivity contribution in [3.8, 4) is 5.75 Å². The van der Waals surface area contributed by atoms with Crippen LogP contribution in [0, 0.1) is 0 Å². The number of amides is 1. The maximum absolute atomic E-state index is 11.9. The second-order valence-corrected chi connectivity index (χ2v) is 8.90. The Morgan fingerprint density at radius 2 is 2.06 bits per heavy atom. The number of hydrogen-bond acceptors (Lipinski definition) is 7. The molecule has 2 unspecified atom stereocenters. The van der Waals surface area contributed by atoms with Crippen LogP contribution in [-0.4, -0.2) is 76.9 Å². The molecule has 3 rings (SSSR count). The van der Waals surface area contributed by atoms with E-state index >= 15 is 0 Å². The van der Waals surface area contributed by atoms with Crippen LogP contribution in [0.5, 0.6) is 5.75 Å². The molecule has 1 saturated heterocycles. The molecule has 2 atom stereocenters. The fourth-order valence-electron chi connectivity index (χ4n) is 4.70. The number of rotatable bonds is 12. The molecule has 8 nitrogen and oxygen atoms in total. The number of unbranched alkanes of at least 4 members (excludes halogenated alkanes) is 4. The number of benzene rings is 1. The van der Waals surface area contributed by atoms with Crippen molar-refractivity contribution in [1.29, 1.82) is 0 Å². The van der Waals surface area contributed by atoms with E-state index in [2.05, 4.69) is 21.7 Å². The number of carbonyl (C=O) groups is 1. The number of piperazine rings is 1. The minimum atomic E-state index is -0.685. The lowest BCUT2D eigenvalue weighted by molar-refractivity contribution is -0.131. The van der Waals surface area contributed by atoms with Crippen molar-refractivity contribution >= 4 is 16.8 Å². The first-order chi connectivity index (χ1) is 16.0. The van der Waals surface area contributed by atoms with Crippen molar-refractivity contribution < 1.29 is 19.8 Å². The quantitative estimate of drug-likeness (QED) is 0.255. The van der Waals surface area contributed by atoms with Gasteiger partial charge in [-0.15, -0.1) is 0 Å². The number of methoxy groups -OCH3 is 1. The van der Waals surface area contributed by atoms with Gasteiger partial charge in [0.05, 0.1) is 18.7 Å². The topological polar surface area (TPSA) is 98.2 Å². The monoisotopic (exact) mass is 458 g/mol. The van der Waals surface area contributed by atoms with Gasteiger partial charge in [-0.25, -0.2) is 5.48 Å². The van der Waals surface area contributed by atoms with Crippen LogP contribution in [-0.2, 0) is 4.79 Å². The molecule has 0 radical (unpaired) electrons. The van der Waals surface area contributed by atoms with Crippen molar-refractivity contribution in [2.24, 2.45) is 0 Å². The number of pyridine rings is 1. The van der Waals surface area contributed by atoms with E-state index in [0.717, 1.165) is 48.3 Å². The molecule has 8 heteroatoms. The fourth-order valence-corrected chi connectivity index (χ4v) is 4.70. The van der Waals surface area contributed by atoms with Crippen molar-refractivity contribution in [2.45, 2.75) is 57.6 Å². The lowest BCUT2D eigenvalue weighted by Gasteiger charge is -2.42. The van der Waals surface area contributed by atoms with Crippen LogP contribution in [0.4, 0.5) is 0 Å². The summed E-state index contributed by atoms with van der Waals surface area (Å²) in [6, 6.07) is 7.54. The average Bonchev–Trinajstić information content (AvgIpc) is 2.84. The molecule has 0 bridgehead atoms. The Morgan fingerprint density at radius 3 is 2.82 bits per heavy atom. The van der Waals surface area contributed by atoms with Crippen LogP contribution >= 0.6 is 0 Å². The second kappa shape index (κ2) is 12.8. The van der Waals surface area contributed by atoms with Crippen molar-refractivity contribution in [1.82, 2.24) is 20.3 Å². The van der Waals surface area contributed by atoms with Crippen LogP contribution in [0.3, 0.4) is 0 Å². The van der Waals surface area contributed by atoms with E-state index in [1.165, 1.54) is 25.7 Å². The predicted molar refractivity (Wildman–Crippen MR) is 128 cm³/mol. The number of hydrogen-bond donors (Lipinski definition) is 3. The summed E-state index contributed by atoms with van der Waals surface area (Å²) in [6.45, 7) is 5.98. The van der Waals surface area contributed by atoms with Gasteiger partial charge in [-0.05, 0) is 42.8 Å². The molecule has 0 spiro atoms. The molecule has 182 valence electrons. The Balaban J connectivity index is 1.65. The highest BCUT2D eigenvalue weighted by Crippen LogP contribution is 2.28. The lowest BCUT2D eigenvalue weighted by Crippen LogP contribution is -2.55. The number of carbonyl (C=O) groups excluding carboxylic acids is 1. The minimum Gasteiger partial charge on any atom is -0.497 e. The molecule has 1 aliphatic heterocycles. The summed E-state index contributed by atoms with van der Waals surface area (Å²) in [5.41, 5.74) is 3.42. The van der Waals surface area contributed by atoms with Gasteiger partial charge in [0.2, 0.25) is 5.91 Å². The Hall–Kier alpha value is -2.26. The predicted octanol–water partition coefficient (Wildman–Crippen LogP) is 3.13. The number of nitrogens with zero attached hydrogens (tertiary/aromatic N) is 3. The van der Waals surface area contributed by atoms with E-state index < -0.39 is 6.10 Å². The van der Waals surface area contributed by atoms with Crippen LogP contribution in [0.25, 0.3) is 10.9 Å². The number of hydroxylamine groups is 1. The van der Waals surface area contributed by atoms with Gasteiger partial charge in [0.25, 0.3) is 0 Å². The Labute approximate surface area is 196 Å². The standard InChI is InChI=1S/C25H38N4O4/c1-3-4-5-6-7-12-29-14-13-28(17-19(29)15-25(31)27-32)18-24(30)21-10-11-26-23-9-8-20(33-2)16-22(21)23/h8-11,16,19,24,30,32H,3-7,12-15,17-18H2,1-2H3,(H,27,31). The van der Waals surface area contributed by atoms with Gasteiger partial charge in [0.1, 0.15) is 5.75 Å². The fraction of sp³-hybridized carbons (Fsp3) is 0.600. The first-order valence-electron chi connectivity index (χ1n) is 12.1. The van der Waals surface area contributed by atoms with Crippen LogP contribution < -0.4 is 10.2 Å². The van der Waals surface area contributed by atoms with E-state index in [1.807, 2.05) is 24.3 Å². The summed E-state index contributed by atoms with van der Waals surface area (Å²) in [5, 5.41) is 21.0. The van der Waals surface area contributed by atoms with Gasteiger partial charge < -0.3 is 9.84 Å². The van der Waals surface area contributed by atoms with Crippen molar-refractivity contribution in [3.63, 3.8) is 0 Å². The second-order valence-electron chi connectivity index (χ2n) is 8.90. The van der Waals surface area contributed by atoms with Gasteiger partial charge in [0, 0.05) is 50.2 Å². The lowest BCUT2D eigenvalue weighted by atomic mass is 10.0. The maximum atomic E-state index is 11.9. The smallest absolute Gasteiger partial charge is 0.244 e.